The molecule has 0 spiro atoms. The predicted octanol–water partition coefficient (Wildman–Crippen LogP) is 0.168. The molecule has 0 aromatic heterocycles. The number of rotatable bonds is 4. The Morgan fingerprint density at radius 1 is 1.33 bits per heavy atom. The van der Waals surface area contributed by atoms with Gasteiger partial charge in [-0.15, -0.1) is 0 Å². The maximum atomic E-state index is 7.42. The quantitative estimate of drug-likeness (QED) is 0.490. The standard InChI is InChI=1S/C6H14I.2CH4/c1-3-5-6-7-4-2;;/h3-6H2,1-2H3;2*1H4/q-1;;/i6D;;. The first-order valence-electron chi connectivity index (χ1n) is 3.39. The van der Waals surface area contributed by atoms with Crippen LogP contribution in [0.25, 0.3) is 0 Å². The molecule has 0 N–H and O–H groups in total. The average Bonchev–Trinajstić information content (AvgIpc) is 1.68. The molecule has 0 bridgehead atoms. The Kier molecular flexibility index (Phi) is 21.9. The van der Waals surface area contributed by atoms with Gasteiger partial charge in [-0.25, -0.2) is 0 Å². The molecule has 62 valence electrons. The molecule has 0 aromatic carbocycles. The molecule has 0 aliphatic rings. The van der Waals surface area contributed by atoms with E-state index in [2.05, 4.69) is 13.8 Å². The van der Waals surface area contributed by atoms with E-state index in [-0.39, 0.29) is 36.1 Å². The molecule has 0 saturated carbocycles. The molecule has 0 amide bonds. The SMILES string of the molecule is C.C.[2H]C(CCC)[I-]CC. The fourth-order valence-electron chi connectivity index (χ4n) is 0.295. The van der Waals surface area contributed by atoms with Gasteiger partial charge in [0, 0.05) is 0 Å². The summed E-state index contributed by atoms with van der Waals surface area (Å²) >= 11 is 0.225. The van der Waals surface area contributed by atoms with Crippen molar-refractivity contribution in [3.05, 3.63) is 0 Å². The number of halogens is 1. The monoisotopic (exact) mass is 246 g/mol. The van der Waals surface area contributed by atoms with Crippen LogP contribution in [0.5, 0.6) is 0 Å². The van der Waals surface area contributed by atoms with E-state index >= 15 is 0 Å². The van der Waals surface area contributed by atoms with E-state index in [1.807, 2.05) is 0 Å². The summed E-state index contributed by atoms with van der Waals surface area (Å²) in [6, 6.07) is 0. The summed E-state index contributed by atoms with van der Waals surface area (Å²) in [6.45, 7) is 4.34. The van der Waals surface area contributed by atoms with Crippen LogP contribution >= 0.6 is 0 Å². The number of alkyl halides is 2. The second-order valence-electron chi connectivity index (χ2n) is 1.36. The molecule has 1 heteroatoms. The van der Waals surface area contributed by atoms with Gasteiger partial charge < -0.3 is 0 Å². The van der Waals surface area contributed by atoms with Crippen LogP contribution in [0.15, 0.2) is 0 Å². The fraction of sp³-hybridized carbons (Fsp3) is 1.00. The van der Waals surface area contributed by atoms with Crippen molar-refractivity contribution in [2.24, 2.45) is 0 Å². The zero-order valence-electron chi connectivity index (χ0n) is 6.08. The third-order valence-electron chi connectivity index (χ3n) is 0.661. The van der Waals surface area contributed by atoms with E-state index in [4.69, 9.17) is 1.37 Å². The summed E-state index contributed by atoms with van der Waals surface area (Å²) in [6.07, 6.45) is 2.31. The third kappa shape index (κ3) is 17.7. The van der Waals surface area contributed by atoms with E-state index < -0.39 is 0 Å². The molecule has 1 atom stereocenters. The summed E-state index contributed by atoms with van der Waals surface area (Å²) < 4.78 is 9.01. The second kappa shape index (κ2) is 15.9. The van der Waals surface area contributed by atoms with Crippen molar-refractivity contribution in [2.45, 2.75) is 41.5 Å². The Bertz CT molecular complexity index is 42.5. The summed E-state index contributed by atoms with van der Waals surface area (Å²) in [5.74, 6) is 0. The Morgan fingerprint density at radius 3 is 2.22 bits per heavy atom. The van der Waals surface area contributed by atoms with Gasteiger partial charge in [-0.05, 0) is 0 Å². The van der Waals surface area contributed by atoms with Gasteiger partial charge in [0.1, 0.15) is 0 Å². The van der Waals surface area contributed by atoms with Gasteiger partial charge in [0.05, 0.1) is 0 Å². The van der Waals surface area contributed by atoms with Crippen molar-refractivity contribution in [1.29, 1.82) is 0 Å². The van der Waals surface area contributed by atoms with Crippen molar-refractivity contribution in [2.75, 3.05) is 8.83 Å². The molecule has 1 unspecified atom stereocenters. The van der Waals surface area contributed by atoms with Crippen LogP contribution in [0.1, 0.15) is 42.9 Å². The Morgan fingerprint density at radius 2 is 1.89 bits per heavy atom. The van der Waals surface area contributed by atoms with E-state index in [0.29, 0.717) is 4.40 Å². The van der Waals surface area contributed by atoms with Gasteiger partial charge in [-0.3, -0.25) is 0 Å². The Labute approximate surface area is 73.1 Å². The van der Waals surface area contributed by atoms with Crippen molar-refractivity contribution in [1.82, 2.24) is 0 Å². The van der Waals surface area contributed by atoms with Gasteiger partial charge in [-0.1, -0.05) is 14.9 Å². The topological polar surface area (TPSA) is 0 Å². The first kappa shape index (κ1) is 12.4. The average molecular weight is 246 g/mol. The van der Waals surface area contributed by atoms with Crippen molar-refractivity contribution in [3.63, 3.8) is 0 Å². The predicted molar refractivity (Wildman–Crippen MR) is 43.8 cm³/mol. The number of hydrogen-bond acceptors (Lipinski definition) is 0. The minimum atomic E-state index is 0. The zero-order chi connectivity index (χ0) is 6.41. The minimum absolute atomic E-state index is 0. The van der Waals surface area contributed by atoms with E-state index in [9.17, 15) is 0 Å². The summed E-state index contributed by atoms with van der Waals surface area (Å²) in [5, 5.41) is 0. The maximum absolute atomic E-state index is 7.42. The molecule has 0 radical (unpaired) electrons. The fourth-order valence-corrected chi connectivity index (χ4v) is 1.98. The molecule has 0 aromatic rings. The summed E-state index contributed by atoms with van der Waals surface area (Å²) in [4.78, 5) is 0. The van der Waals surface area contributed by atoms with Crippen molar-refractivity contribution in [3.8, 4) is 0 Å². The van der Waals surface area contributed by atoms with E-state index in [1.54, 1.807) is 0 Å². The van der Waals surface area contributed by atoms with Gasteiger partial charge >= 0.3 is 58.1 Å². The van der Waals surface area contributed by atoms with E-state index in [1.165, 1.54) is 10.8 Å². The van der Waals surface area contributed by atoms with Gasteiger partial charge in [0.2, 0.25) is 0 Å². The second-order valence-corrected chi connectivity index (χ2v) is 4.65. The van der Waals surface area contributed by atoms with Crippen LogP contribution in [0.3, 0.4) is 0 Å². The van der Waals surface area contributed by atoms with Crippen LogP contribution in [0.2, 0.25) is 0 Å². The Hall–Kier alpha value is 0.730. The summed E-state index contributed by atoms with van der Waals surface area (Å²) in [5.41, 5.74) is 0. The van der Waals surface area contributed by atoms with Crippen LogP contribution in [0, 0.1) is 0 Å². The molecule has 0 aliphatic carbocycles. The van der Waals surface area contributed by atoms with Gasteiger partial charge in [0.25, 0.3) is 0 Å². The molecule has 0 nitrogen and oxygen atoms in total. The molecule has 0 heterocycles. The zero-order valence-corrected chi connectivity index (χ0v) is 7.23. The first-order valence-corrected chi connectivity index (χ1v) is 5.58. The van der Waals surface area contributed by atoms with Crippen LogP contribution in [-0.4, -0.2) is 8.83 Å². The Balaban J connectivity index is -0.000000245. The molecular weight excluding hydrogens is 223 g/mol. The van der Waals surface area contributed by atoms with Crippen molar-refractivity contribution < 1.29 is 22.6 Å². The molecule has 0 saturated heterocycles. The van der Waals surface area contributed by atoms with Crippen LogP contribution in [0.4, 0.5) is 0 Å². The molecule has 0 aliphatic heterocycles. The van der Waals surface area contributed by atoms with Crippen LogP contribution < -0.4 is 21.2 Å². The third-order valence-corrected chi connectivity index (χ3v) is 2.79. The first-order chi connectivity index (χ1) is 3.81. The van der Waals surface area contributed by atoms with E-state index in [0.717, 1.165) is 6.42 Å². The summed E-state index contributed by atoms with van der Waals surface area (Å²) in [7, 11) is 0. The number of hydrogen-bond donors (Lipinski definition) is 0. The molecule has 0 rings (SSSR count). The van der Waals surface area contributed by atoms with Gasteiger partial charge in [-0.2, -0.15) is 0 Å². The normalized spacial score (nSPS) is 12.9. The van der Waals surface area contributed by atoms with Crippen LogP contribution in [-0.2, 0) is 0 Å². The molecular formula is C8H22I-. The molecule has 0 fully saturated rings. The van der Waals surface area contributed by atoms with Crippen molar-refractivity contribution >= 4 is 0 Å². The van der Waals surface area contributed by atoms with Gasteiger partial charge in [0.15, 0.2) is 0 Å². The molecule has 9 heavy (non-hydrogen) atoms.